The highest BCUT2D eigenvalue weighted by atomic mass is 16.3. The standard InChI is InChI=1S/C24H32N2O4/c1-16-14-17-7-8-19(22(25)28)21(27)20(17)23(9-3-4-10-24(16,23)29)11-12-26(2)15-18-6-5-13-30-18/h5-8,13,16,27,29H,3-4,9-12,14-15H2,1-2H3,(H2,25,28)/t16-,23+,24-/m1/s1. The van der Waals surface area contributed by atoms with Crippen molar-refractivity contribution in [1.29, 1.82) is 0 Å². The minimum absolute atomic E-state index is 0.0408. The maximum atomic E-state index is 12.0. The number of primary amides is 1. The summed E-state index contributed by atoms with van der Waals surface area (Å²) in [5.41, 5.74) is 5.91. The Bertz CT molecular complexity index is 926. The van der Waals surface area contributed by atoms with Crippen molar-refractivity contribution < 1.29 is 19.4 Å². The number of hydrogen-bond donors (Lipinski definition) is 3. The van der Waals surface area contributed by atoms with Crippen LogP contribution in [0.1, 0.15) is 66.3 Å². The van der Waals surface area contributed by atoms with Gasteiger partial charge in [0.15, 0.2) is 0 Å². The van der Waals surface area contributed by atoms with Crippen LogP contribution in [0.5, 0.6) is 5.75 Å². The van der Waals surface area contributed by atoms with E-state index in [0.29, 0.717) is 25.8 Å². The molecule has 0 aliphatic heterocycles. The molecule has 30 heavy (non-hydrogen) atoms. The number of rotatable bonds is 6. The Morgan fingerprint density at radius 1 is 1.30 bits per heavy atom. The average Bonchev–Trinajstić information content (AvgIpc) is 3.20. The summed E-state index contributed by atoms with van der Waals surface area (Å²) < 4.78 is 5.47. The molecule has 6 heteroatoms. The lowest BCUT2D eigenvalue weighted by Crippen LogP contribution is -2.61. The molecule has 1 heterocycles. The van der Waals surface area contributed by atoms with Crippen LogP contribution in [-0.2, 0) is 18.4 Å². The number of carbonyl (C=O) groups is 1. The second kappa shape index (κ2) is 7.75. The van der Waals surface area contributed by atoms with Gasteiger partial charge >= 0.3 is 0 Å². The number of fused-ring (bicyclic) bond motifs is 3. The third-order valence-corrected chi connectivity index (χ3v) is 7.52. The van der Waals surface area contributed by atoms with Crippen LogP contribution >= 0.6 is 0 Å². The van der Waals surface area contributed by atoms with E-state index in [1.807, 2.05) is 25.2 Å². The number of furan rings is 1. The molecule has 1 aromatic carbocycles. The van der Waals surface area contributed by atoms with Gasteiger partial charge in [-0.3, -0.25) is 9.69 Å². The van der Waals surface area contributed by atoms with E-state index in [2.05, 4.69) is 11.8 Å². The van der Waals surface area contributed by atoms with E-state index >= 15 is 0 Å². The van der Waals surface area contributed by atoms with Crippen LogP contribution in [0, 0.1) is 5.92 Å². The lowest BCUT2D eigenvalue weighted by molar-refractivity contribution is -0.123. The summed E-state index contributed by atoms with van der Waals surface area (Å²) in [6.45, 7) is 3.52. The van der Waals surface area contributed by atoms with Gasteiger partial charge in [0.25, 0.3) is 5.91 Å². The van der Waals surface area contributed by atoms with Gasteiger partial charge in [0.2, 0.25) is 0 Å². The van der Waals surface area contributed by atoms with Crippen LogP contribution in [-0.4, -0.2) is 40.2 Å². The monoisotopic (exact) mass is 412 g/mol. The van der Waals surface area contributed by atoms with E-state index in [-0.39, 0.29) is 17.2 Å². The lowest BCUT2D eigenvalue weighted by Gasteiger charge is -2.58. The van der Waals surface area contributed by atoms with Crippen molar-refractivity contribution in [3.63, 3.8) is 0 Å². The van der Waals surface area contributed by atoms with Crippen molar-refractivity contribution in [1.82, 2.24) is 4.90 Å². The molecule has 0 spiro atoms. The molecule has 2 aliphatic carbocycles. The summed E-state index contributed by atoms with van der Waals surface area (Å²) in [5.74, 6) is 0.281. The third-order valence-electron chi connectivity index (χ3n) is 7.52. The molecule has 1 amide bonds. The first-order chi connectivity index (χ1) is 14.3. The maximum absolute atomic E-state index is 12.0. The second-order valence-electron chi connectivity index (χ2n) is 9.25. The van der Waals surface area contributed by atoms with Crippen LogP contribution in [0.25, 0.3) is 0 Å². The van der Waals surface area contributed by atoms with E-state index < -0.39 is 16.9 Å². The Morgan fingerprint density at radius 2 is 2.07 bits per heavy atom. The Labute approximate surface area is 177 Å². The van der Waals surface area contributed by atoms with Crippen LogP contribution in [0.2, 0.25) is 0 Å². The molecule has 3 atom stereocenters. The third kappa shape index (κ3) is 3.22. The van der Waals surface area contributed by atoms with Crippen molar-refractivity contribution in [2.24, 2.45) is 11.7 Å². The van der Waals surface area contributed by atoms with Gasteiger partial charge in [-0.15, -0.1) is 0 Å². The summed E-state index contributed by atoms with van der Waals surface area (Å²) in [7, 11) is 2.04. The Balaban J connectivity index is 1.75. The van der Waals surface area contributed by atoms with E-state index in [1.54, 1.807) is 12.3 Å². The Morgan fingerprint density at radius 3 is 2.77 bits per heavy atom. The van der Waals surface area contributed by atoms with E-state index in [1.165, 1.54) is 0 Å². The molecule has 1 aromatic heterocycles. The molecule has 1 saturated carbocycles. The van der Waals surface area contributed by atoms with Gasteiger partial charge in [0.05, 0.1) is 24.0 Å². The molecule has 162 valence electrons. The molecule has 0 bridgehead atoms. The maximum Gasteiger partial charge on any atom is 0.252 e. The topological polar surface area (TPSA) is 99.9 Å². The quantitative estimate of drug-likeness (QED) is 0.676. The number of nitrogens with two attached hydrogens (primary N) is 1. The number of aromatic hydroxyl groups is 1. The Hall–Kier alpha value is -2.31. The number of phenols is 1. The fourth-order valence-corrected chi connectivity index (χ4v) is 5.97. The molecular formula is C24H32N2O4. The molecule has 4 rings (SSSR count). The van der Waals surface area contributed by atoms with Gasteiger partial charge in [-0.1, -0.05) is 25.8 Å². The highest BCUT2D eigenvalue weighted by molar-refractivity contribution is 5.96. The first-order valence-corrected chi connectivity index (χ1v) is 10.9. The summed E-state index contributed by atoms with van der Waals surface area (Å²) in [6, 6.07) is 7.36. The summed E-state index contributed by atoms with van der Waals surface area (Å²) in [4.78, 5) is 14.1. The van der Waals surface area contributed by atoms with E-state index in [4.69, 9.17) is 10.2 Å². The molecule has 2 aromatic rings. The van der Waals surface area contributed by atoms with Gasteiger partial charge in [0, 0.05) is 11.0 Å². The Kier molecular flexibility index (Phi) is 5.41. The van der Waals surface area contributed by atoms with Crippen LogP contribution in [0.4, 0.5) is 0 Å². The normalized spacial score (nSPS) is 28.2. The minimum Gasteiger partial charge on any atom is -0.507 e. The number of nitrogens with zero attached hydrogens (tertiary/aromatic N) is 1. The molecule has 1 fully saturated rings. The summed E-state index contributed by atoms with van der Waals surface area (Å²) in [6.07, 6.45) is 6.48. The SMILES string of the molecule is C[C@@H]1Cc2ccc(C(N)=O)c(O)c2[C@@]2(CCN(C)Cc3ccco3)CCCC[C@@]12O. The van der Waals surface area contributed by atoms with Crippen molar-refractivity contribution in [2.45, 2.75) is 63.0 Å². The van der Waals surface area contributed by atoms with Gasteiger partial charge in [-0.05, 0) is 69.0 Å². The van der Waals surface area contributed by atoms with Crippen molar-refractivity contribution in [2.75, 3.05) is 13.6 Å². The zero-order valence-electron chi connectivity index (χ0n) is 17.9. The molecule has 0 unspecified atom stereocenters. The molecular weight excluding hydrogens is 380 g/mol. The highest BCUT2D eigenvalue weighted by Gasteiger charge is 2.59. The molecule has 6 nitrogen and oxygen atoms in total. The first kappa shape index (κ1) is 20.9. The number of carbonyl (C=O) groups excluding carboxylic acids is 1. The molecule has 0 saturated heterocycles. The average molecular weight is 413 g/mol. The van der Waals surface area contributed by atoms with Crippen molar-refractivity contribution >= 4 is 5.91 Å². The fourth-order valence-electron chi connectivity index (χ4n) is 5.97. The van der Waals surface area contributed by atoms with E-state index in [0.717, 1.165) is 42.7 Å². The largest absolute Gasteiger partial charge is 0.507 e. The fraction of sp³-hybridized carbons (Fsp3) is 0.542. The van der Waals surface area contributed by atoms with E-state index in [9.17, 15) is 15.0 Å². The summed E-state index contributed by atoms with van der Waals surface area (Å²) >= 11 is 0. The van der Waals surface area contributed by atoms with Gasteiger partial charge in [-0.25, -0.2) is 0 Å². The predicted molar refractivity (Wildman–Crippen MR) is 114 cm³/mol. The molecule has 2 aliphatic rings. The minimum atomic E-state index is -0.919. The van der Waals surface area contributed by atoms with Crippen molar-refractivity contribution in [3.05, 3.63) is 53.0 Å². The number of benzene rings is 1. The lowest BCUT2D eigenvalue weighted by atomic mass is 9.50. The second-order valence-corrected chi connectivity index (χ2v) is 9.25. The zero-order chi connectivity index (χ0) is 21.5. The first-order valence-electron chi connectivity index (χ1n) is 10.9. The van der Waals surface area contributed by atoms with Crippen LogP contribution < -0.4 is 5.73 Å². The molecule has 0 radical (unpaired) electrons. The van der Waals surface area contributed by atoms with Gasteiger partial charge < -0.3 is 20.4 Å². The van der Waals surface area contributed by atoms with Gasteiger partial charge in [-0.2, -0.15) is 0 Å². The smallest absolute Gasteiger partial charge is 0.252 e. The van der Waals surface area contributed by atoms with Crippen molar-refractivity contribution in [3.8, 4) is 5.75 Å². The van der Waals surface area contributed by atoms with Crippen LogP contribution in [0.3, 0.4) is 0 Å². The number of hydrogen-bond acceptors (Lipinski definition) is 5. The number of aliphatic hydroxyl groups is 1. The van der Waals surface area contributed by atoms with Crippen LogP contribution in [0.15, 0.2) is 34.9 Å². The highest BCUT2D eigenvalue weighted by Crippen LogP contribution is 2.59. The zero-order valence-corrected chi connectivity index (χ0v) is 17.9. The predicted octanol–water partition coefficient (Wildman–Crippen LogP) is 3.34. The number of amides is 1. The molecule has 4 N–H and O–H groups in total. The summed E-state index contributed by atoms with van der Waals surface area (Å²) in [5, 5.41) is 23.2. The van der Waals surface area contributed by atoms with Gasteiger partial charge in [0.1, 0.15) is 11.5 Å².